The van der Waals surface area contributed by atoms with E-state index in [9.17, 15) is 14.4 Å². The maximum absolute atomic E-state index is 13.8. The van der Waals surface area contributed by atoms with E-state index in [0.717, 1.165) is 18.4 Å². The lowest BCUT2D eigenvalue weighted by Crippen LogP contribution is -2.56. The fourth-order valence-corrected chi connectivity index (χ4v) is 4.44. The van der Waals surface area contributed by atoms with Crippen LogP contribution in [-0.2, 0) is 24.0 Å². The number of hydroxylamine groups is 1. The average molecular weight is 545 g/mol. The Balaban J connectivity index is 2.30. The summed E-state index contributed by atoms with van der Waals surface area (Å²) in [5.41, 5.74) is 12.0. The number of amides is 3. The Labute approximate surface area is 233 Å². The highest BCUT2D eigenvalue weighted by atomic mass is 16.8. The molecule has 1 aliphatic heterocycles. The first-order chi connectivity index (χ1) is 18.4. The molecule has 1 aromatic carbocycles. The number of nitrogens with two attached hydrogens (primary N) is 1. The van der Waals surface area contributed by atoms with Gasteiger partial charge in [-0.2, -0.15) is 0 Å². The second-order valence-corrected chi connectivity index (χ2v) is 12.0. The van der Waals surface area contributed by atoms with Gasteiger partial charge in [-0.25, -0.2) is 10.3 Å². The summed E-state index contributed by atoms with van der Waals surface area (Å²) in [6, 6.07) is 8.97. The van der Waals surface area contributed by atoms with Crippen LogP contribution in [0.2, 0.25) is 0 Å². The van der Waals surface area contributed by atoms with E-state index in [1.165, 1.54) is 5.01 Å². The Morgan fingerprint density at radius 2 is 1.79 bits per heavy atom. The molecule has 4 N–H and O–H groups in total. The van der Waals surface area contributed by atoms with Crippen molar-refractivity contribution < 1.29 is 24.0 Å². The summed E-state index contributed by atoms with van der Waals surface area (Å²) in [5, 5.41) is 1.29. The van der Waals surface area contributed by atoms with Crippen molar-refractivity contribution in [1.29, 1.82) is 0 Å². The standard InChI is InChI=1S/C30H48N4O5/c1-21(2)19-25(27(35)32-34(20-30(4,5)6)29(37)22(3)31)24(16-12-15-23-13-8-7-9-14-23)28(36)33-39-26-17-10-11-18-38-26/h7-9,12-15,21-22,24-26H,10-11,16-20,31H2,1-6H3,(H,32,35)(H,33,36)/t22-,24+,25-,26?/m1/s1. The molecule has 0 saturated carbocycles. The number of ether oxygens (including phenoxy) is 1. The molecule has 1 aromatic rings. The molecule has 39 heavy (non-hydrogen) atoms. The second-order valence-electron chi connectivity index (χ2n) is 12.0. The Morgan fingerprint density at radius 3 is 2.36 bits per heavy atom. The van der Waals surface area contributed by atoms with Gasteiger partial charge in [-0.3, -0.25) is 24.8 Å². The number of benzene rings is 1. The fourth-order valence-electron chi connectivity index (χ4n) is 4.44. The molecule has 0 aliphatic carbocycles. The van der Waals surface area contributed by atoms with Crippen molar-refractivity contribution in [1.82, 2.24) is 15.9 Å². The predicted molar refractivity (Wildman–Crippen MR) is 152 cm³/mol. The molecule has 0 bridgehead atoms. The van der Waals surface area contributed by atoms with E-state index in [1.54, 1.807) is 6.92 Å². The van der Waals surface area contributed by atoms with Crippen molar-refractivity contribution in [3.8, 4) is 0 Å². The highest BCUT2D eigenvalue weighted by Crippen LogP contribution is 2.26. The third kappa shape index (κ3) is 11.9. The van der Waals surface area contributed by atoms with Crippen molar-refractivity contribution in [3.63, 3.8) is 0 Å². The van der Waals surface area contributed by atoms with Crippen LogP contribution in [0.4, 0.5) is 0 Å². The molecule has 4 atom stereocenters. The van der Waals surface area contributed by atoms with Gasteiger partial charge in [0.25, 0.3) is 5.91 Å². The van der Waals surface area contributed by atoms with Gasteiger partial charge in [-0.1, -0.05) is 77.1 Å². The molecule has 1 unspecified atom stereocenters. The van der Waals surface area contributed by atoms with Crippen LogP contribution in [0.5, 0.6) is 0 Å². The van der Waals surface area contributed by atoms with Crippen molar-refractivity contribution in [2.24, 2.45) is 28.9 Å². The van der Waals surface area contributed by atoms with E-state index in [0.29, 0.717) is 25.9 Å². The summed E-state index contributed by atoms with van der Waals surface area (Å²) >= 11 is 0. The zero-order valence-corrected chi connectivity index (χ0v) is 24.4. The molecule has 0 aromatic heterocycles. The molecule has 9 nitrogen and oxygen atoms in total. The number of carbonyl (C=O) groups is 3. The van der Waals surface area contributed by atoms with Gasteiger partial charge in [0, 0.05) is 19.6 Å². The lowest BCUT2D eigenvalue weighted by atomic mass is 9.82. The quantitative estimate of drug-likeness (QED) is 0.339. The van der Waals surface area contributed by atoms with Crippen LogP contribution in [0.25, 0.3) is 6.08 Å². The number of hydrogen-bond donors (Lipinski definition) is 3. The second kappa shape index (κ2) is 15.7. The molecule has 0 radical (unpaired) electrons. The first-order valence-electron chi connectivity index (χ1n) is 14.0. The van der Waals surface area contributed by atoms with Crippen LogP contribution in [0.3, 0.4) is 0 Å². The van der Waals surface area contributed by atoms with Crippen LogP contribution in [0, 0.1) is 23.2 Å². The Kier molecular flexibility index (Phi) is 13.1. The maximum atomic E-state index is 13.8. The van der Waals surface area contributed by atoms with Crippen LogP contribution in [0.15, 0.2) is 36.4 Å². The van der Waals surface area contributed by atoms with E-state index in [1.807, 2.05) is 77.1 Å². The maximum Gasteiger partial charge on any atom is 0.257 e. The first-order valence-corrected chi connectivity index (χ1v) is 14.0. The summed E-state index contributed by atoms with van der Waals surface area (Å²) in [4.78, 5) is 45.7. The molecule has 1 fully saturated rings. The van der Waals surface area contributed by atoms with Crippen molar-refractivity contribution in [2.75, 3.05) is 13.2 Å². The first kappa shape index (κ1) is 32.5. The smallest absolute Gasteiger partial charge is 0.257 e. The third-order valence-corrected chi connectivity index (χ3v) is 6.35. The highest BCUT2D eigenvalue weighted by molar-refractivity contribution is 5.89. The lowest BCUT2D eigenvalue weighted by molar-refractivity contribution is -0.203. The van der Waals surface area contributed by atoms with Gasteiger partial charge in [-0.05, 0) is 49.5 Å². The molecular formula is C30H48N4O5. The molecule has 218 valence electrons. The van der Waals surface area contributed by atoms with Crippen molar-refractivity contribution in [3.05, 3.63) is 42.0 Å². The number of carbonyl (C=O) groups excluding carboxylic acids is 3. The van der Waals surface area contributed by atoms with Gasteiger partial charge >= 0.3 is 0 Å². The molecule has 9 heteroatoms. The van der Waals surface area contributed by atoms with Crippen molar-refractivity contribution in [2.45, 2.75) is 86.0 Å². The highest BCUT2D eigenvalue weighted by Gasteiger charge is 2.36. The Hall–Kier alpha value is -2.75. The van der Waals surface area contributed by atoms with Gasteiger partial charge in [0.15, 0.2) is 6.29 Å². The van der Waals surface area contributed by atoms with Gasteiger partial charge < -0.3 is 10.5 Å². The topological polar surface area (TPSA) is 123 Å². The molecular weight excluding hydrogens is 496 g/mol. The van der Waals surface area contributed by atoms with E-state index in [-0.39, 0.29) is 23.8 Å². The minimum atomic E-state index is -0.784. The van der Waals surface area contributed by atoms with E-state index in [4.69, 9.17) is 15.3 Å². The van der Waals surface area contributed by atoms with Gasteiger partial charge in [0.1, 0.15) is 0 Å². The van der Waals surface area contributed by atoms with Gasteiger partial charge in [0.05, 0.1) is 17.9 Å². The predicted octanol–water partition coefficient (Wildman–Crippen LogP) is 4.20. The largest absolute Gasteiger partial charge is 0.350 e. The minimum absolute atomic E-state index is 0.122. The van der Waals surface area contributed by atoms with Crippen LogP contribution >= 0.6 is 0 Å². The summed E-state index contributed by atoms with van der Waals surface area (Å²) in [5.74, 6) is -2.52. The number of allylic oxidation sites excluding steroid dienone is 1. The Bertz CT molecular complexity index is 936. The molecule has 1 aliphatic rings. The minimum Gasteiger partial charge on any atom is -0.350 e. The Morgan fingerprint density at radius 1 is 1.10 bits per heavy atom. The number of nitrogens with one attached hydrogen (secondary N) is 2. The SMILES string of the molecule is CC(C)C[C@@H](C(=O)NN(CC(C)(C)C)C(=O)[C@@H](C)N)[C@H](CC=Cc1ccccc1)C(=O)NOC1CCCCO1. The number of hydrogen-bond acceptors (Lipinski definition) is 6. The lowest BCUT2D eigenvalue weighted by Gasteiger charge is -2.34. The number of rotatable bonds is 12. The summed E-state index contributed by atoms with van der Waals surface area (Å²) in [6.45, 7) is 12.4. The third-order valence-electron chi connectivity index (χ3n) is 6.35. The van der Waals surface area contributed by atoms with Crippen molar-refractivity contribution >= 4 is 23.8 Å². The number of nitrogens with zero attached hydrogens (tertiary/aromatic N) is 1. The van der Waals surface area contributed by atoms with Gasteiger partial charge in [0.2, 0.25) is 11.8 Å². The zero-order valence-electron chi connectivity index (χ0n) is 24.4. The number of hydrazine groups is 1. The normalized spacial score (nSPS) is 18.4. The average Bonchev–Trinajstić information content (AvgIpc) is 2.88. The van der Waals surface area contributed by atoms with Crippen LogP contribution in [0.1, 0.15) is 79.2 Å². The van der Waals surface area contributed by atoms with E-state index in [2.05, 4.69) is 10.9 Å². The summed E-state index contributed by atoms with van der Waals surface area (Å²) in [6.07, 6.45) is 6.68. The summed E-state index contributed by atoms with van der Waals surface area (Å²) in [7, 11) is 0. The molecule has 1 saturated heterocycles. The molecule has 2 rings (SSSR count). The molecule has 1 heterocycles. The van der Waals surface area contributed by atoms with Crippen LogP contribution in [-0.4, -0.2) is 48.2 Å². The summed E-state index contributed by atoms with van der Waals surface area (Å²) < 4.78 is 5.58. The molecule has 0 spiro atoms. The monoisotopic (exact) mass is 544 g/mol. The molecule has 3 amide bonds. The van der Waals surface area contributed by atoms with Crippen LogP contribution < -0.4 is 16.6 Å². The van der Waals surface area contributed by atoms with Gasteiger partial charge in [-0.15, -0.1) is 0 Å². The fraction of sp³-hybridized carbons (Fsp3) is 0.633. The van der Waals surface area contributed by atoms with E-state index >= 15 is 0 Å². The zero-order chi connectivity index (χ0) is 29.0. The van der Waals surface area contributed by atoms with E-state index < -0.39 is 36.0 Å².